The Bertz CT molecular complexity index is 546. The molecule has 0 aromatic heterocycles. The smallest absolute Gasteiger partial charge is 0.181 e. The van der Waals surface area contributed by atoms with E-state index in [1.54, 1.807) is 0 Å². The molecular weight excluding hydrogens is 274 g/mol. The van der Waals surface area contributed by atoms with Gasteiger partial charge in [0.05, 0.1) is 0 Å². The third kappa shape index (κ3) is 3.49. The van der Waals surface area contributed by atoms with Crippen molar-refractivity contribution in [3.8, 4) is 0 Å². The van der Waals surface area contributed by atoms with E-state index >= 15 is 0 Å². The molecule has 0 bridgehead atoms. The van der Waals surface area contributed by atoms with Crippen LogP contribution in [0.4, 0.5) is 8.78 Å². The Balaban J connectivity index is 2.24. The van der Waals surface area contributed by atoms with E-state index in [-0.39, 0.29) is 0 Å². The summed E-state index contributed by atoms with van der Waals surface area (Å²) >= 11 is 0. The molecule has 106 valence electrons. The van der Waals surface area contributed by atoms with Gasteiger partial charge >= 0.3 is 0 Å². The van der Waals surface area contributed by atoms with Gasteiger partial charge in [-0.2, -0.15) is 0 Å². The molecule has 1 fully saturated rings. The monoisotopic (exact) mass is 290 g/mol. The van der Waals surface area contributed by atoms with E-state index in [2.05, 4.69) is 10.2 Å². The molecule has 1 aliphatic rings. The van der Waals surface area contributed by atoms with E-state index in [0.29, 0.717) is 12.1 Å². The molecule has 0 saturated carbocycles. The van der Waals surface area contributed by atoms with E-state index < -0.39 is 26.4 Å². The van der Waals surface area contributed by atoms with Gasteiger partial charge in [0.25, 0.3) is 0 Å². The predicted molar refractivity (Wildman–Crippen MR) is 67.6 cm³/mol. The first-order valence-electron chi connectivity index (χ1n) is 5.99. The fourth-order valence-electron chi connectivity index (χ4n) is 2.19. The van der Waals surface area contributed by atoms with Gasteiger partial charge in [-0.1, -0.05) is 0 Å². The summed E-state index contributed by atoms with van der Waals surface area (Å²) in [5.41, 5.74) is 0.448. The van der Waals surface area contributed by atoms with Crippen molar-refractivity contribution in [2.75, 3.05) is 32.4 Å². The minimum Gasteiger partial charge on any atom is -0.314 e. The lowest BCUT2D eigenvalue weighted by molar-refractivity contribution is 0.232. The molecule has 19 heavy (non-hydrogen) atoms. The van der Waals surface area contributed by atoms with Gasteiger partial charge in [0.2, 0.25) is 0 Å². The fraction of sp³-hybridized carbons (Fsp3) is 0.500. The maximum absolute atomic E-state index is 13.7. The van der Waals surface area contributed by atoms with E-state index in [0.717, 1.165) is 44.6 Å². The summed E-state index contributed by atoms with van der Waals surface area (Å²) in [5, 5.41) is 3.18. The van der Waals surface area contributed by atoms with Crippen LogP contribution >= 0.6 is 0 Å². The lowest BCUT2D eigenvalue weighted by atomic mass is 10.2. The summed E-state index contributed by atoms with van der Waals surface area (Å²) in [4.78, 5) is 1.21. The summed E-state index contributed by atoms with van der Waals surface area (Å²) in [6, 6.07) is 2.20. The second kappa shape index (κ2) is 5.52. The van der Waals surface area contributed by atoms with Gasteiger partial charge in [0, 0.05) is 39.0 Å². The van der Waals surface area contributed by atoms with Crippen LogP contribution in [-0.4, -0.2) is 45.8 Å². The van der Waals surface area contributed by atoms with Crippen molar-refractivity contribution < 1.29 is 17.2 Å². The zero-order valence-electron chi connectivity index (χ0n) is 10.6. The summed E-state index contributed by atoms with van der Waals surface area (Å²) in [6.07, 6.45) is 0.796. The highest BCUT2D eigenvalue weighted by Gasteiger charge is 2.21. The molecule has 0 atom stereocenters. The number of piperazine rings is 1. The molecule has 0 spiro atoms. The first-order valence-corrected chi connectivity index (χ1v) is 7.88. The second-order valence-corrected chi connectivity index (χ2v) is 6.64. The Morgan fingerprint density at radius 2 is 1.74 bits per heavy atom. The van der Waals surface area contributed by atoms with Crippen molar-refractivity contribution in [2.24, 2.45) is 0 Å². The van der Waals surface area contributed by atoms with E-state index in [1.807, 2.05) is 0 Å². The maximum Gasteiger partial charge on any atom is 0.181 e. The molecule has 4 nitrogen and oxygen atoms in total. The fourth-order valence-corrected chi connectivity index (χ4v) is 3.01. The molecular formula is C12H16F2N2O2S. The largest absolute Gasteiger partial charge is 0.314 e. The Morgan fingerprint density at radius 1 is 1.21 bits per heavy atom. The van der Waals surface area contributed by atoms with Gasteiger partial charge < -0.3 is 5.32 Å². The van der Waals surface area contributed by atoms with Crippen LogP contribution in [0.1, 0.15) is 5.56 Å². The number of nitrogens with zero attached hydrogens (tertiary/aromatic N) is 1. The van der Waals surface area contributed by atoms with Gasteiger partial charge in [-0.25, -0.2) is 17.2 Å². The molecule has 1 aromatic rings. The molecule has 1 aromatic carbocycles. The average molecular weight is 290 g/mol. The van der Waals surface area contributed by atoms with Crippen molar-refractivity contribution in [1.29, 1.82) is 0 Å². The van der Waals surface area contributed by atoms with Crippen LogP contribution in [0.2, 0.25) is 0 Å². The standard InChI is InChI=1S/C12H16F2N2O2S/c1-19(17,18)12-10(13)6-9(7-11(12)14)8-16-4-2-15-3-5-16/h6-7,15H,2-5,8H2,1H3. The van der Waals surface area contributed by atoms with Gasteiger partial charge in [-0.05, 0) is 17.7 Å². The van der Waals surface area contributed by atoms with Crippen LogP contribution in [0, 0.1) is 11.6 Å². The van der Waals surface area contributed by atoms with Crippen molar-refractivity contribution in [3.05, 3.63) is 29.3 Å². The highest BCUT2D eigenvalue weighted by Crippen LogP contribution is 2.21. The first kappa shape index (κ1) is 14.4. The van der Waals surface area contributed by atoms with Crippen LogP contribution in [0.5, 0.6) is 0 Å². The molecule has 1 heterocycles. The number of sulfone groups is 1. The Hall–Kier alpha value is -1.05. The van der Waals surface area contributed by atoms with Crippen molar-refractivity contribution in [2.45, 2.75) is 11.4 Å². The van der Waals surface area contributed by atoms with E-state index in [4.69, 9.17) is 0 Å². The molecule has 0 amide bonds. The molecule has 0 radical (unpaired) electrons. The number of hydrogen-bond acceptors (Lipinski definition) is 4. The Labute approximate surface area is 111 Å². The summed E-state index contributed by atoms with van der Waals surface area (Å²) < 4.78 is 50.0. The van der Waals surface area contributed by atoms with E-state index in [9.17, 15) is 17.2 Å². The summed E-state index contributed by atoms with van der Waals surface area (Å²) in [5.74, 6) is -2.04. The van der Waals surface area contributed by atoms with Gasteiger partial charge in [-0.3, -0.25) is 4.90 Å². The Morgan fingerprint density at radius 3 is 2.21 bits per heavy atom. The Kier molecular flexibility index (Phi) is 4.17. The zero-order chi connectivity index (χ0) is 14.0. The minimum absolute atomic E-state index is 0.416. The van der Waals surface area contributed by atoms with Crippen LogP contribution in [0.25, 0.3) is 0 Å². The summed E-state index contributed by atoms with van der Waals surface area (Å²) in [6.45, 7) is 3.70. The van der Waals surface area contributed by atoms with Crippen LogP contribution in [0.15, 0.2) is 17.0 Å². The van der Waals surface area contributed by atoms with Crippen molar-refractivity contribution >= 4 is 9.84 Å². The van der Waals surface area contributed by atoms with Crippen LogP contribution in [0.3, 0.4) is 0 Å². The van der Waals surface area contributed by atoms with Crippen molar-refractivity contribution in [3.63, 3.8) is 0 Å². The quantitative estimate of drug-likeness (QED) is 0.893. The van der Waals surface area contributed by atoms with Crippen molar-refractivity contribution in [1.82, 2.24) is 10.2 Å². The third-order valence-electron chi connectivity index (χ3n) is 3.04. The number of halogens is 2. The lowest BCUT2D eigenvalue weighted by Crippen LogP contribution is -2.42. The van der Waals surface area contributed by atoms with Gasteiger partial charge in [0.1, 0.15) is 16.5 Å². The lowest BCUT2D eigenvalue weighted by Gasteiger charge is -2.27. The molecule has 2 rings (SSSR count). The molecule has 0 unspecified atom stereocenters. The zero-order valence-corrected chi connectivity index (χ0v) is 11.4. The van der Waals surface area contributed by atoms with Crippen LogP contribution < -0.4 is 5.32 Å². The number of nitrogens with one attached hydrogen (secondary N) is 1. The maximum atomic E-state index is 13.7. The van der Waals surface area contributed by atoms with Crippen LogP contribution in [-0.2, 0) is 16.4 Å². The SMILES string of the molecule is CS(=O)(=O)c1c(F)cc(CN2CCNCC2)cc1F. The third-order valence-corrected chi connectivity index (χ3v) is 4.18. The summed E-state index contributed by atoms with van der Waals surface area (Å²) in [7, 11) is -3.89. The van der Waals surface area contributed by atoms with Gasteiger partial charge in [-0.15, -0.1) is 0 Å². The highest BCUT2D eigenvalue weighted by molar-refractivity contribution is 7.90. The number of rotatable bonds is 3. The van der Waals surface area contributed by atoms with E-state index in [1.165, 1.54) is 0 Å². The molecule has 7 heteroatoms. The molecule has 1 N–H and O–H groups in total. The highest BCUT2D eigenvalue weighted by atomic mass is 32.2. The number of hydrogen-bond donors (Lipinski definition) is 1. The second-order valence-electron chi connectivity index (χ2n) is 4.69. The minimum atomic E-state index is -3.89. The normalized spacial score (nSPS) is 17.6. The number of benzene rings is 1. The molecule has 0 aliphatic carbocycles. The predicted octanol–water partition coefficient (Wildman–Crippen LogP) is 0.774. The van der Waals surface area contributed by atoms with Gasteiger partial charge in [0.15, 0.2) is 9.84 Å². The first-order chi connectivity index (χ1) is 8.88. The molecule has 1 aliphatic heterocycles. The molecule has 1 saturated heterocycles. The topological polar surface area (TPSA) is 49.4 Å². The average Bonchev–Trinajstić information content (AvgIpc) is 2.27.